The number of rotatable bonds is 6. The van der Waals surface area contributed by atoms with Gasteiger partial charge in [-0.1, -0.05) is 37.3 Å². The number of hydrogen-bond donors (Lipinski definition) is 1. The van der Waals surface area contributed by atoms with Crippen LogP contribution < -0.4 is 10.1 Å². The molecule has 0 heterocycles. The quantitative estimate of drug-likeness (QED) is 0.856. The Hall–Kier alpha value is -1.87. The van der Waals surface area contributed by atoms with Crippen molar-refractivity contribution in [3.63, 3.8) is 0 Å². The molecule has 0 saturated carbocycles. The van der Waals surface area contributed by atoms with Crippen molar-refractivity contribution < 1.29 is 9.13 Å². The van der Waals surface area contributed by atoms with Crippen LogP contribution in [0, 0.1) is 5.82 Å². The van der Waals surface area contributed by atoms with Gasteiger partial charge in [0.2, 0.25) is 0 Å². The summed E-state index contributed by atoms with van der Waals surface area (Å²) in [6.45, 7) is 2.75. The minimum atomic E-state index is -0.199. The fraction of sp³-hybridized carbons (Fsp3) is 0.294. The van der Waals surface area contributed by atoms with Crippen molar-refractivity contribution in [2.45, 2.75) is 25.9 Å². The summed E-state index contributed by atoms with van der Waals surface area (Å²) in [4.78, 5) is 0. The highest BCUT2D eigenvalue weighted by Gasteiger charge is 2.13. The zero-order chi connectivity index (χ0) is 14.4. The van der Waals surface area contributed by atoms with Crippen molar-refractivity contribution >= 4 is 0 Å². The number of para-hydroxylation sites is 1. The molecule has 0 bridgehead atoms. The van der Waals surface area contributed by atoms with Gasteiger partial charge in [0.05, 0.1) is 7.11 Å². The van der Waals surface area contributed by atoms with Crippen molar-refractivity contribution in [2.24, 2.45) is 0 Å². The van der Waals surface area contributed by atoms with Crippen LogP contribution in [0.3, 0.4) is 0 Å². The van der Waals surface area contributed by atoms with Crippen LogP contribution in [0.5, 0.6) is 5.75 Å². The number of ether oxygens (including phenoxy) is 1. The molecule has 0 spiro atoms. The van der Waals surface area contributed by atoms with Gasteiger partial charge >= 0.3 is 0 Å². The molecule has 0 aliphatic rings. The lowest BCUT2D eigenvalue weighted by Crippen LogP contribution is -2.20. The van der Waals surface area contributed by atoms with Gasteiger partial charge in [-0.15, -0.1) is 0 Å². The molecule has 0 amide bonds. The van der Waals surface area contributed by atoms with Crippen LogP contribution in [-0.2, 0) is 6.54 Å². The third-order valence-electron chi connectivity index (χ3n) is 3.36. The van der Waals surface area contributed by atoms with Gasteiger partial charge in [0.15, 0.2) is 0 Å². The van der Waals surface area contributed by atoms with Gasteiger partial charge < -0.3 is 10.1 Å². The molecule has 1 unspecified atom stereocenters. The van der Waals surface area contributed by atoms with Gasteiger partial charge in [-0.2, -0.15) is 0 Å². The van der Waals surface area contributed by atoms with Crippen LogP contribution in [0.25, 0.3) is 0 Å². The smallest absolute Gasteiger partial charge is 0.123 e. The van der Waals surface area contributed by atoms with E-state index in [1.165, 1.54) is 6.07 Å². The first-order valence-electron chi connectivity index (χ1n) is 6.85. The van der Waals surface area contributed by atoms with Gasteiger partial charge in [-0.25, -0.2) is 4.39 Å². The Bertz CT molecular complexity index is 556. The number of nitrogens with one attached hydrogen (secondary N) is 1. The minimum Gasteiger partial charge on any atom is -0.496 e. The Morgan fingerprint density at radius 3 is 2.65 bits per heavy atom. The van der Waals surface area contributed by atoms with E-state index in [1.807, 2.05) is 24.3 Å². The van der Waals surface area contributed by atoms with Crippen LogP contribution in [0.4, 0.5) is 4.39 Å². The van der Waals surface area contributed by atoms with Gasteiger partial charge in [0, 0.05) is 18.2 Å². The summed E-state index contributed by atoms with van der Waals surface area (Å²) in [5.74, 6) is 0.681. The second-order valence-corrected chi connectivity index (χ2v) is 4.71. The first-order chi connectivity index (χ1) is 9.74. The van der Waals surface area contributed by atoms with Crippen LogP contribution in [0.1, 0.15) is 30.5 Å². The molecule has 0 aliphatic carbocycles. The van der Waals surface area contributed by atoms with Crippen LogP contribution >= 0.6 is 0 Å². The fourth-order valence-electron chi connectivity index (χ4n) is 2.32. The Kier molecular flexibility index (Phi) is 5.13. The molecule has 3 heteroatoms. The molecular formula is C17H20FNO. The number of benzene rings is 2. The second-order valence-electron chi connectivity index (χ2n) is 4.71. The van der Waals surface area contributed by atoms with E-state index in [0.717, 1.165) is 23.3 Å². The largest absolute Gasteiger partial charge is 0.496 e. The zero-order valence-corrected chi connectivity index (χ0v) is 11.9. The molecule has 2 rings (SSSR count). The zero-order valence-electron chi connectivity index (χ0n) is 11.9. The Balaban J connectivity index is 2.09. The molecule has 0 radical (unpaired) electrons. The van der Waals surface area contributed by atoms with E-state index < -0.39 is 0 Å². The monoisotopic (exact) mass is 273 g/mol. The highest BCUT2D eigenvalue weighted by molar-refractivity contribution is 5.35. The van der Waals surface area contributed by atoms with E-state index in [-0.39, 0.29) is 11.9 Å². The van der Waals surface area contributed by atoms with Crippen molar-refractivity contribution in [3.8, 4) is 5.75 Å². The maximum absolute atomic E-state index is 13.2. The predicted molar refractivity (Wildman–Crippen MR) is 79.3 cm³/mol. The molecule has 2 aromatic carbocycles. The van der Waals surface area contributed by atoms with E-state index in [9.17, 15) is 4.39 Å². The van der Waals surface area contributed by atoms with Crippen molar-refractivity contribution in [2.75, 3.05) is 7.11 Å². The fourth-order valence-corrected chi connectivity index (χ4v) is 2.32. The molecule has 1 N–H and O–H groups in total. The normalized spacial score (nSPS) is 12.2. The summed E-state index contributed by atoms with van der Waals surface area (Å²) < 4.78 is 18.6. The summed E-state index contributed by atoms with van der Waals surface area (Å²) in [6, 6.07) is 14.8. The summed E-state index contributed by atoms with van der Waals surface area (Å²) in [6.07, 6.45) is 0.940. The van der Waals surface area contributed by atoms with Gasteiger partial charge in [-0.05, 0) is 30.2 Å². The summed E-state index contributed by atoms with van der Waals surface area (Å²) in [5.41, 5.74) is 2.08. The number of methoxy groups -OCH3 is 1. The molecule has 1 atom stereocenters. The molecular weight excluding hydrogens is 253 g/mol. The standard InChI is InChI=1S/C17H20FNO/c1-3-16(15-9-4-5-10-17(15)20-2)19-12-13-7-6-8-14(18)11-13/h4-11,16,19H,3,12H2,1-2H3. The summed E-state index contributed by atoms with van der Waals surface area (Å²) in [7, 11) is 1.68. The van der Waals surface area contributed by atoms with Crippen molar-refractivity contribution in [1.29, 1.82) is 0 Å². The highest BCUT2D eigenvalue weighted by atomic mass is 19.1. The number of hydrogen-bond acceptors (Lipinski definition) is 2. The van der Waals surface area contributed by atoms with E-state index in [4.69, 9.17) is 4.74 Å². The Morgan fingerprint density at radius 1 is 1.15 bits per heavy atom. The highest BCUT2D eigenvalue weighted by Crippen LogP contribution is 2.27. The van der Waals surface area contributed by atoms with Crippen LogP contribution in [-0.4, -0.2) is 7.11 Å². The molecule has 0 saturated heterocycles. The second kappa shape index (κ2) is 7.06. The molecule has 106 valence electrons. The van der Waals surface area contributed by atoms with E-state index in [1.54, 1.807) is 19.2 Å². The number of halogens is 1. The minimum absolute atomic E-state index is 0.189. The SMILES string of the molecule is CCC(NCc1cccc(F)c1)c1ccccc1OC. The molecule has 2 nitrogen and oxygen atoms in total. The third-order valence-corrected chi connectivity index (χ3v) is 3.36. The first kappa shape index (κ1) is 14.5. The lowest BCUT2D eigenvalue weighted by atomic mass is 10.0. The first-order valence-corrected chi connectivity index (χ1v) is 6.85. The molecule has 2 aromatic rings. The van der Waals surface area contributed by atoms with E-state index in [2.05, 4.69) is 18.3 Å². The Labute approximate surface area is 119 Å². The average Bonchev–Trinajstić information content (AvgIpc) is 2.48. The van der Waals surface area contributed by atoms with Crippen molar-refractivity contribution in [1.82, 2.24) is 5.32 Å². The van der Waals surface area contributed by atoms with Crippen molar-refractivity contribution in [3.05, 3.63) is 65.5 Å². The molecule has 0 aliphatic heterocycles. The topological polar surface area (TPSA) is 21.3 Å². The predicted octanol–water partition coefficient (Wildman–Crippen LogP) is 4.08. The van der Waals surface area contributed by atoms with E-state index >= 15 is 0 Å². The van der Waals surface area contributed by atoms with Crippen LogP contribution in [0.2, 0.25) is 0 Å². The lowest BCUT2D eigenvalue weighted by Gasteiger charge is -2.20. The maximum atomic E-state index is 13.2. The average molecular weight is 273 g/mol. The maximum Gasteiger partial charge on any atom is 0.123 e. The summed E-state index contributed by atoms with van der Waals surface area (Å²) >= 11 is 0. The molecule has 0 aromatic heterocycles. The molecule has 20 heavy (non-hydrogen) atoms. The van der Waals surface area contributed by atoms with E-state index in [0.29, 0.717) is 6.54 Å². The van der Waals surface area contributed by atoms with Crippen LogP contribution in [0.15, 0.2) is 48.5 Å². The summed E-state index contributed by atoms with van der Waals surface area (Å²) in [5, 5.41) is 3.46. The van der Waals surface area contributed by atoms with Gasteiger partial charge in [0.1, 0.15) is 11.6 Å². The Morgan fingerprint density at radius 2 is 1.95 bits per heavy atom. The third kappa shape index (κ3) is 3.58. The lowest BCUT2D eigenvalue weighted by molar-refractivity contribution is 0.396. The molecule has 0 fully saturated rings. The van der Waals surface area contributed by atoms with Gasteiger partial charge in [0.25, 0.3) is 0 Å². The van der Waals surface area contributed by atoms with Gasteiger partial charge in [-0.3, -0.25) is 0 Å².